The van der Waals surface area contributed by atoms with Gasteiger partial charge in [-0.2, -0.15) is 13.1 Å². The van der Waals surface area contributed by atoms with Crippen molar-refractivity contribution < 1.29 is 17.9 Å². The van der Waals surface area contributed by atoms with Gasteiger partial charge in [0.15, 0.2) is 0 Å². The Bertz CT molecular complexity index is 485. The van der Waals surface area contributed by atoms with Crippen LogP contribution in [-0.4, -0.2) is 31.6 Å². The lowest BCUT2D eigenvalue weighted by Gasteiger charge is -2.39. The molecule has 0 heterocycles. The maximum atomic E-state index is 12.0. The van der Waals surface area contributed by atoms with Gasteiger partial charge in [-0.3, -0.25) is 0 Å². The van der Waals surface area contributed by atoms with E-state index in [9.17, 15) is 13.2 Å². The van der Waals surface area contributed by atoms with Crippen LogP contribution in [0.3, 0.4) is 0 Å². The van der Waals surface area contributed by atoms with E-state index in [-0.39, 0.29) is 11.6 Å². The number of carbonyl (C=O) groups excluding carboxylic acids is 1. The molecule has 0 unspecified atom stereocenters. The zero-order valence-corrected chi connectivity index (χ0v) is 14.0. The molecule has 1 fully saturated rings. The average molecular weight is 337 g/mol. The van der Waals surface area contributed by atoms with Crippen LogP contribution in [0, 0.1) is 5.92 Å². The van der Waals surface area contributed by atoms with Crippen molar-refractivity contribution in [1.82, 2.24) is 9.44 Å². The average Bonchev–Trinajstić information content (AvgIpc) is 2.38. The number of carbonyl (C=O) groups is 1. The number of amides is 1. The lowest BCUT2D eigenvalue weighted by Crippen LogP contribution is -2.60. The Morgan fingerprint density at radius 1 is 1.38 bits per heavy atom. The second kappa shape index (κ2) is 7.37. The molecule has 0 aromatic rings. The van der Waals surface area contributed by atoms with Crippen molar-refractivity contribution in [2.75, 3.05) is 6.61 Å². The first kappa shape index (κ1) is 18.1. The lowest BCUT2D eigenvalue weighted by molar-refractivity contribution is 0.158. The van der Waals surface area contributed by atoms with Gasteiger partial charge in [0.2, 0.25) is 0 Å². The summed E-state index contributed by atoms with van der Waals surface area (Å²) < 4.78 is 32.8. The monoisotopic (exact) mass is 337 g/mol. The summed E-state index contributed by atoms with van der Waals surface area (Å²) in [6, 6.07) is 0. The van der Waals surface area contributed by atoms with Crippen molar-refractivity contribution in [2.24, 2.45) is 11.7 Å². The smallest absolute Gasteiger partial charge is 0.421 e. The van der Waals surface area contributed by atoms with Crippen LogP contribution < -0.4 is 15.2 Å². The van der Waals surface area contributed by atoms with Crippen molar-refractivity contribution >= 4 is 33.5 Å². The maximum absolute atomic E-state index is 12.0. The van der Waals surface area contributed by atoms with Crippen LogP contribution in [0.5, 0.6) is 0 Å². The van der Waals surface area contributed by atoms with E-state index in [1.807, 2.05) is 0 Å². The van der Waals surface area contributed by atoms with E-state index in [0.29, 0.717) is 18.8 Å². The van der Waals surface area contributed by atoms with Gasteiger partial charge >= 0.3 is 16.3 Å². The molecule has 1 amide bonds. The number of ether oxygens (including phenoxy) is 1. The fourth-order valence-electron chi connectivity index (χ4n) is 2.53. The molecule has 0 aromatic heterocycles. The summed E-state index contributed by atoms with van der Waals surface area (Å²) in [5.41, 5.74) is 4.77. The molecule has 0 spiro atoms. The van der Waals surface area contributed by atoms with E-state index in [4.69, 9.17) is 18.0 Å². The van der Waals surface area contributed by atoms with E-state index in [2.05, 4.69) is 16.4 Å². The van der Waals surface area contributed by atoms with Gasteiger partial charge in [0.25, 0.3) is 0 Å². The van der Waals surface area contributed by atoms with E-state index in [0.717, 1.165) is 19.3 Å². The number of nitrogens with one attached hydrogen (secondary N) is 2. The third-order valence-corrected chi connectivity index (χ3v) is 5.32. The standard InChI is InChI=1S/C12H23N3O4S2/c1-3-9-5-7-12(8-6-9,10(13)20)15-21(17,18)14-11(16)19-4-2/h9,15H,3-8H2,1-2H3,(H2,13,20)(H,14,16). The third kappa shape index (κ3) is 5.08. The molecular weight excluding hydrogens is 314 g/mol. The number of hydrogen-bond acceptors (Lipinski definition) is 5. The molecule has 0 bridgehead atoms. The van der Waals surface area contributed by atoms with E-state index >= 15 is 0 Å². The molecule has 1 saturated carbocycles. The molecule has 1 aliphatic carbocycles. The van der Waals surface area contributed by atoms with E-state index in [1.54, 1.807) is 11.6 Å². The summed E-state index contributed by atoms with van der Waals surface area (Å²) in [5, 5.41) is 0. The van der Waals surface area contributed by atoms with Gasteiger partial charge in [-0.15, -0.1) is 0 Å². The number of rotatable bonds is 6. The molecule has 4 N–H and O–H groups in total. The molecule has 1 aliphatic rings. The fourth-order valence-corrected chi connectivity index (χ4v) is 4.01. The molecule has 0 saturated heterocycles. The molecule has 0 atom stereocenters. The topological polar surface area (TPSA) is 111 Å². The first-order valence-electron chi connectivity index (χ1n) is 7.03. The Labute approximate surface area is 131 Å². The second-order valence-electron chi connectivity index (χ2n) is 5.23. The van der Waals surface area contributed by atoms with Gasteiger partial charge in [0, 0.05) is 0 Å². The SMILES string of the molecule is CCOC(=O)NS(=O)(=O)NC1(C(N)=S)CCC(CC)CC1. The highest BCUT2D eigenvalue weighted by atomic mass is 32.2. The zero-order valence-electron chi connectivity index (χ0n) is 12.3. The van der Waals surface area contributed by atoms with Crippen LogP contribution in [0.15, 0.2) is 0 Å². The molecule has 122 valence electrons. The van der Waals surface area contributed by atoms with E-state index < -0.39 is 21.8 Å². The van der Waals surface area contributed by atoms with Crippen LogP contribution in [0.25, 0.3) is 0 Å². The maximum Gasteiger partial charge on any atom is 0.421 e. The van der Waals surface area contributed by atoms with Gasteiger partial charge in [0.1, 0.15) is 0 Å². The summed E-state index contributed by atoms with van der Waals surface area (Å²) in [6.45, 7) is 3.77. The number of thiocarbonyl (C=S) groups is 1. The van der Waals surface area contributed by atoms with Crippen molar-refractivity contribution in [3.05, 3.63) is 0 Å². The van der Waals surface area contributed by atoms with Crippen LogP contribution >= 0.6 is 12.2 Å². The second-order valence-corrected chi connectivity index (χ2v) is 7.08. The lowest BCUT2D eigenvalue weighted by atomic mass is 9.76. The number of nitrogens with two attached hydrogens (primary N) is 1. The normalized spacial score (nSPS) is 26.1. The minimum absolute atomic E-state index is 0.0833. The predicted molar refractivity (Wildman–Crippen MR) is 84.0 cm³/mol. The van der Waals surface area contributed by atoms with Crippen molar-refractivity contribution in [3.63, 3.8) is 0 Å². The van der Waals surface area contributed by atoms with Crippen molar-refractivity contribution in [2.45, 2.75) is 51.5 Å². The Kier molecular flexibility index (Phi) is 6.36. The Morgan fingerprint density at radius 3 is 2.38 bits per heavy atom. The van der Waals surface area contributed by atoms with Gasteiger partial charge in [-0.1, -0.05) is 25.6 Å². The van der Waals surface area contributed by atoms with Crippen molar-refractivity contribution in [1.29, 1.82) is 0 Å². The fraction of sp³-hybridized carbons (Fsp3) is 0.833. The molecule has 7 nitrogen and oxygen atoms in total. The Morgan fingerprint density at radius 2 is 1.95 bits per heavy atom. The van der Waals surface area contributed by atoms with Gasteiger partial charge in [-0.05, 0) is 38.5 Å². The van der Waals surface area contributed by atoms with Crippen LogP contribution in [0.2, 0.25) is 0 Å². The Hall–Kier alpha value is -0.930. The quantitative estimate of drug-likeness (QED) is 0.628. The van der Waals surface area contributed by atoms with Crippen LogP contribution in [0.1, 0.15) is 46.0 Å². The first-order chi connectivity index (χ1) is 9.74. The van der Waals surface area contributed by atoms with E-state index in [1.165, 1.54) is 0 Å². The summed E-state index contributed by atoms with van der Waals surface area (Å²) >= 11 is 5.04. The molecule has 21 heavy (non-hydrogen) atoms. The minimum Gasteiger partial charge on any atom is -0.449 e. The predicted octanol–water partition coefficient (Wildman–Crippen LogP) is 1.19. The molecule has 0 radical (unpaired) electrons. The molecule has 0 aromatic carbocycles. The molecular formula is C12H23N3O4S2. The third-order valence-electron chi connectivity index (χ3n) is 3.83. The largest absolute Gasteiger partial charge is 0.449 e. The van der Waals surface area contributed by atoms with Crippen molar-refractivity contribution in [3.8, 4) is 0 Å². The summed E-state index contributed by atoms with van der Waals surface area (Å²) in [5.74, 6) is 0.551. The van der Waals surface area contributed by atoms with Gasteiger partial charge in [-0.25, -0.2) is 9.52 Å². The highest BCUT2D eigenvalue weighted by Crippen LogP contribution is 2.34. The molecule has 1 rings (SSSR count). The molecule has 9 heteroatoms. The molecule has 0 aliphatic heterocycles. The first-order valence-corrected chi connectivity index (χ1v) is 8.92. The Balaban J connectivity index is 2.79. The highest BCUT2D eigenvalue weighted by molar-refractivity contribution is 7.88. The van der Waals surface area contributed by atoms with Crippen LogP contribution in [-0.2, 0) is 14.9 Å². The van der Waals surface area contributed by atoms with Crippen LogP contribution in [0.4, 0.5) is 4.79 Å². The number of hydrogen-bond donors (Lipinski definition) is 3. The zero-order chi connectivity index (χ0) is 16.1. The van der Waals surface area contributed by atoms with Gasteiger partial charge < -0.3 is 10.5 Å². The summed E-state index contributed by atoms with van der Waals surface area (Å²) in [6.07, 6.45) is 2.77. The summed E-state index contributed by atoms with van der Waals surface area (Å²) in [7, 11) is -4.07. The minimum atomic E-state index is -4.07. The summed E-state index contributed by atoms with van der Waals surface area (Å²) in [4.78, 5) is 11.4. The van der Waals surface area contributed by atoms with Gasteiger partial charge in [0.05, 0.1) is 17.1 Å². The highest BCUT2D eigenvalue weighted by Gasteiger charge is 2.41.